The van der Waals surface area contributed by atoms with E-state index < -0.39 is 5.60 Å². The van der Waals surface area contributed by atoms with E-state index in [4.69, 9.17) is 14.3 Å². The Bertz CT molecular complexity index is 1970. The normalized spacial score (nSPS) is 18.8. The lowest BCUT2D eigenvalue weighted by molar-refractivity contribution is -0.111. The molecule has 2 aliphatic rings. The number of hydrogen-bond acceptors (Lipinski definition) is 10. The molecule has 3 aromatic carbocycles. The first-order valence-electron chi connectivity index (χ1n) is 17.6. The van der Waals surface area contributed by atoms with Gasteiger partial charge in [0.25, 0.3) is 0 Å². The monoisotopic (exact) mass is 723 g/mol. The van der Waals surface area contributed by atoms with Gasteiger partial charge in [-0.25, -0.2) is 24.2 Å². The van der Waals surface area contributed by atoms with Gasteiger partial charge in [-0.05, 0) is 81.7 Å². The van der Waals surface area contributed by atoms with E-state index in [2.05, 4.69) is 32.1 Å². The number of nitrogens with zero attached hydrogens (tertiary/aromatic N) is 5. The molecule has 0 spiro atoms. The maximum Gasteiger partial charge on any atom is 0.410 e. The molecule has 4 aromatic rings. The molecule has 0 radical (unpaired) electrons. The van der Waals surface area contributed by atoms with Gasteiger partial charge >= 0.3 is 6.09 Å². The average Bonchev–Trinajstić information content (AvgIpc) is 3.61. The molecule has 13 heteroatoms. The van der Waals surface area contributed by atoms with E-state index >= 15 is 0 Å². The minimum absolute atomic E-state index is 0.138. The Labute approximate surface area is 309 Å². The van der Waals surface area contributed by atoms with Crippen molar-refractivity contribution in [1.29, 1.82) is 0 Å². The maximum atomic E-state index is 14.0. The summed E-state index contributed by atoms with van der Waals surface area (Å²) in [6.07, 6.45) is 3.03. The number of benzene rings is 3. The van der Waals surface area contributed by atoms with Gasteiger partial charge < -0.3 is 25.0 Å². The average molecular weight is 724 g/mol. The van der Waals surface area contributed by atoms with Crippen molar-refractivity contribution in [1.82, 2.24) is 14.9 Å². The van der Waals surface area contributed by atoms with Gasteiger partial charge in [-0.1, -0.05) is 36.9 Å². The Morgan fingerprint density at radius 1 is 0.981 bits per heavy atom. The van der Waals surface area contributed by atoms with Crippen LogP contribution in [0.4, 0.5) is 37.9 Å². The number of amides is 2. The number of carbonyl (C=O) groups is 2. The quantitative estimate of drug-likeness (QED) is 0.165. The number of methoxy groups -OCH3 is 1. The minimum atomic E-state index is -0.614. The summed E-state index contributed by atoms with van der Waals surface area (Å²) >= 11 is 0. The van der Waals surface area contributed by atoms with Crippen molar-refractivity contribution in [2.45, 2.75) is 64.8 Å². The number of hydroxylamine groups is 1. The van der Waals surface area contributed by atoms with Crippen molar-refractivity contribution >= 4 is 40.7 Å². The van der Waals surface area contributed by atoms with Crippen molar-refractivity contribution in [3.8, 4) is 16.9 Å². The van der Waals surface area contributed by atoms with Crippen LogP contribution >= 0.6 is 0 Å². The summed E-state index contributed by atoms with van der Waals surface area (Å²) < 4.78 is 25.5. The zero-order chi connectivity index (χ0) is 37.9. The van der Waals surface area contributed by atoms with Crippen molar-refractivity contribution < 1.29 is 28.3 Å². The van der Waals surface area contributed by atoms with Gasteiger partial charge in [-0.2, -0.15) is 0 Å². The standard InChI is InChI=1S/C40H46FN7O5/c1-8-38(49)45-31-19-32(35(51-7)20-34(31)46-22-25(2)47(26(3)23-46)39(50)53-40(4,5)6)44-36-21-37(43-24-42-36)48-33(15-16-52-48)29-13-9-11-27(17-29)28-12-10-14-30(41)18-28/h8-14,17-21,24-26,33H,1,15-16,22-23H2,2-7H3,(H,45,49)(H,42,43,44)/t25-,26+,33-/m1/s1. The second kappa shape index (κ2) is 15.5. The highest BCUT2D eigenvalue weighted by Gasteiger charge is 2.37. The molecule has 278 valence electrons. The zero-order valence-corrected chi connectivity index (χ0v) is 30.9. The van der Waals surface area contributed by atoms with E-state index in [9.17, 15) is 14.0 Å². The lowest BCUT2D eigenvalue weighted by Gasteiger charge is -2.45. The summed E-state index contributed by atoms with van der Waals surface area (Å²) in [6.45, 7) is 14.6. The second-order valence-corrected chi connectivity index (χ2v) is 14.2. The Balaban J connectivity index is 1.26. The van der Waals surface area contributed by atoms with Gasteiger partial charge in [0, 0.05) is 31.6 Å². The summed E-state index contributed by atoms with van der Waals surface area (Å²) in [7, 11) is 1.57. The molecule has 53 heavy (non-hydrogen) atoms. The lowest BCUT2D eigenvalue weighted by Crippen LogP contribution is -2.59. The fraction of sp³-hybridized carbons (Fsp3) is 0.350. The molecule has 2 amide bonds. The molecule has 3 atom stereocenters. The maximum absolute atomic E-state index is 14.0. The summed E-state index contributed by atoms with van der Waals surface area (Å²) in [4.78, 5) is 44.7. The van der Waals surface area contributed by atoms with E-state index in [1.54, 1.807) is 35.3 Å². The van der Waals surface area contributed by atoms with Gasteiger partial charge in [0.05, 0.1) is 48.9 Å². The zero-order valence-electron chi connectivity index (χ0n) is 30.9. The fourth-order valence-corrected chi connectivity index (χ4v) is 6.84. The Hall–Kier alpha value is -5.69. The first-order valence-corrected chi connectivity index (χ1v) is 17.6. The van der Waals surface area contributed by atoms with E-state index in [-0.39, 0.29) is 35.9 Å². The van der Waals surface area contributed by atoms with Crippen LogP contribution in [0.3, 0.4) is 0 Å². The van der Waals surface area contributed by atoms with Crippen LogP contribution < -0.4 is 25.3 Å². The molecule has 0 aliphatic carbocycles. The number of ether oxygens (including phenoxy) is 2. The number of anilines is 5. The van der Waals surface area contributed by atoms with E-state index in [0.29, 0.717) is 48.5 Å². The summed E-state index contributed by atoms with van der Waals surface area (Å²) in [5.74, 6) is 0.860. The predicted molar refractivity (Wildman–Crippen MR) is 204 cm³/mol. The number of rotatable bonds is 9. The molecule has 0 unspecified atom stereocenters. The first kappa shape index (κ1) is 37.1. The third-order valence-corrected chi connectivity index (χ3v) is 9.10. The van der Waals surface area contributed by atoms with Crippen LogP contribution in [0.5, 0.6) is 5.75 Å². The Kier molecular flexibility index (Phi) is 10.8. The third kappa shape index (κ3) is 8.52. The number of carbonyl (C=O) groups excluding carboxylic acids is 2. The topological polar surface area (TPSA) is 121 Å². The molecule has 12 nitrogen and oxygen atoms in total. The fourth-order valence-electron chi connectivity index (χ4n) is 6.84. The summed E-state index contributed by atoms with van der Waals surface area (Å²) in [5.41, 5.74) is 3.89. The number of nitrogens with one attached hydrogen (secondary N) is 2. The molecular formula is C40H46FN7O5. The van der Waals surface area contributed by atoms with Crippen LogP contribution in [0.2, 0.25) is 0 Å². The van der Waals surface area contributed by atoms with Crippen LogP contribution in [-0.2, 0) is 14.4 Å². The van der Waals surface area contributed by atoms with Crippen LogP contribution in [0.1, 0.15) is 52.6 Å². The SMILES string of the molecule is C=CC(=O)Nc1cc(Nc2cc(N3OCC[C@@H]3c3cccc(-c4cccc(F)c4)c3)ncn2)c(OC)cc1N1C[C@@H](C)N(C(=O)OC(C)(C)C)[C@@H](C)C1. The van der Waals surface area contributed by atoms with Crippen LogP contribution in [0, 0.1) is 5.82 Å². The van der Waals surface area contributed by atoms with Gasteiger partial charge in [-0.15, -0.1) is 0 Å². The van der Waals surface area contributed by atoms with Crippen LogP contribution in [0.15, 0.2) is 85.7 Å². The van der Waals surface area contributed by atoms with E-state index in [0.717, 1.165) is 28.8 Å². The Morgan fingerprint density at radius 3 is 2.38 bits per heavy atom. The minimum Gasteiger partial charge on any atom is -0.494 e. The molecule has 6 rings (SSSR count). The summed E-state index contributed by atoms with van der Waals surface area (Å²) in [6, 6.07) is 19.5. The molecular weight excluding hydrogens is 677 g/mol. The molecule has 0 bridgehead atoms. The third-order valence-electron chi connectivity index (χ3n) is 9.10. The van der Waals surface area contributed by atoms with Gasteiger partial charge in [0.15, 0.2) is 5.82 Å². The van der Waals surface area contributed by atoms with Crippen LogP contribution in [0.25, 0.3) is 11.1 Å². The molecule has 0 saturated carbocycles. The predicted octanol–water partition coefficient (Wildman–Crippen LogP) is 7.88. The smallest absolute Gasteiger partial charge is 0.410 e. The highest BCUT2D eigenvalue weighted by atomic mass is 19.1. The Morgan fingerprint density at radius 2 is 1.70 bits per heavy atom. The van der Waals surface area contributed by atoms with Crippen molar-refractivity contribution in [2.75, 3.05) is 47.4 Å². The molecule has 2 N–H and O–H groups in total. The highest BCUT2D eigenvalue weighted by Crippen LogP contribution is 2.41. The second-order valence-electron chi connectivity index (χ2n) is 14.2. The molecule has 2 saturated heterocycles. The first-order chi connectivity index (χ1) is 25.3. The largest absolute Gasteiger partial charge is 0.494 e. The number of halogens is 1. The molecule has 1 aromatic heterocycles. The lowest BCUT2D eigenvalue weighted by atomic mass is 9.98. The van der Waals surface area contributed by atoms with Gasteiger partial charge in [0.1, 0.15) is 29.3 Å². The van der Waals surface area contributed by atoms with Crippen LogP contribution in [-0.4, -0.2) is 71.4 Å². The molecule has 2 fully saturated rings. The van der Waals surface area contributed by atoms with Crippen molar-refractivity contribution in [3.05, 3.63) is 97.1 Å². The van der Waals surface area contributed by atoms with Crippen molar-refractivity contribution in [2.24, 2.45) is 0 Å². The number of hydrogen-bond donors (Lipinski definition) is 2. The highest BCUT2D eigenvalue weighted by molar-refractivity contribution is 6.02. The number of piperazine rings is 1. The van der Waals surface area contributed by atoms with E-state index in [1.165, 1.54) is 24.5 Å². The van der Waals surface area contributed by atoms with Gasteiger partial charge in [-0.3, -0.25) is 14.5 Å². The molecule has 2 aliphatic heterocycles. The molecule has 3 heterocycles. The van der Waals surface area contributed by atoms with E-state index in [1.807, 2.05) is 71.0 Å². The number of aromatic nitrogens is 2. The van der Waals surface area contributed by atoms with Gasteiger partial charge in [0.2, 0.25) is 5.91 Å². The van der Waals surface area contributed by atoms with Crippen molar-refractivity contribution in [3.63, 3.8) is 0 Å². The summed E-state index contributed by atoms with van der Waals surface area (Å²) in [5, 5.41) is 8.06.